The molecule has 0 heterocycles. The highest BCUT2D eigenvalue weighted by Gasteiger charge is 2.42. The fraction of sp³-hybridized carbons (Fsp3) is 0.647. The van der Waals surface area contributed by atoms with Gasteiger partial charge in [-0.1, -0.05) is 36.7 Å². The topological polar surface area (TPSA) is 29.5 Å². The van der Waals surface area contributed by atoms with E-state index in [0.29, 0.717) is 17.8 Å². The molecule has 112 valence electrons. The second-order valence-electron chi connectivity index (χ2n) is 7.01. The van der Waals surface area contributed by atoms with Crippen LogP contribution >= 0.6 is 15.9 Å². The molecule has 1 fully saturated rings. The number of methoxy groups -OCH3 is 1. The molecule has 3 heteroatoms. The molecule has 1 aliphatic carbocycles. The smallest absolute Gasteiger partial charge is 0.122 e. The van der Waals surface area contributed by atoms with E-state index in [0.717, 1.165) is 35.0 Å². The van der Waals surface area contributed by atoms with Crippen LogP contribution in [0.3, 0.4) is 0 Å². The molecule has 2 atom stereocenters. The van der Waals surface area contributed by atoms with Gasteiger partial charge in [0.25, 0.3) is 0 Å². The minimum Gasteiger partial charge on any atom is -0.496 e. The third-order valence-corrected chi connectivity index (χ3v) is 5.24. The van der Waals surface area contributed by atoms with Crippen molar-refractivity contribution in [1.82, 2.24) is 0 Å². The van der Waals surface area contributed by atoms with E-state index in [1.165, 1.54) is 0 Å². The first-order valence-corrected chi connectivity index (χ1v) is 8.10. The normalized spacial score (nSPS) is 29.2. The minimum atomic E-state index is -0.621. The number of hydrogen-bond donors (Lipinski definition) is 1. The van der Waals surface area contributed by atoms with Crippen molar-refractivity contribution in [2.24, 2.45) is 11.3 Å². The van der Waals surface area contributed by atoms with E-state index in [-0.39, 0.29) is 0 Å². The second-order valence-corrected chi connectivity index (χ2v) is 7.92. The van der Waals surface area contributed by atoms with Crippen molar-refractivity contribution < 1.29 is 9.84 Å². The van der Waals surface area contributed by atoms with E-state index in [4.69, 9.17) is 4.74 Å². The lowest BCUT2D eigenvalue weighted by molar-refractivity contribution is -0.0706. The Bertz CT molecular complexity index is 484. The van der Waals surface area contributed by atoms with E-state index in [1.807, 2.05) is 12.1 Å². The van der Waals surface area contributed by atoms with Crippen LogP contribution in [0.2, 0.25) is 0 Å². The molecule has 0 aliphatic heterocycles. The molecule has 0 bridgehead atoms. The summed E-state index contributed by atoms with van der Waals surface area (Å²) in [6.45, 7) is 6.76. The molecule has 20 heavy (non-hydrogen) atoms. The molecule has 2 rings (SSSR count). The van der Waals surface area contributed by atoms with Gasteiger partial charge in [-0.3, -0.25) is 0 Å². The van der Waals surface area contributed by atoms with Gasteiger partial charge in [0.05, 0.1) is 12.7 Å². The fourth-order valence-corrected chi connectivity index (χ4v) is 3.81. The number of aliphatic hydroxyl groups is 1. The molecule has 1 saturated carbocycles. The Labute approximate surface area is 130 Å². The van der Waals surface area contributed by atoms with E-state index >= 15 is 0 Å². The number of ether oxygens (including phenoxy) is 1. The van der Waals surface area contributed by atoms with Crippen molar-refractivity contribution in [1.29, 1.82) is 0 Å². The van der Waals surface area contributed by atoms with Crippen LogP contribution in [0.5, 0.6) is 5.75 Å². The molecule has 1 aromatic rings. The first-order valence-electron chi connectivity index (χ1n) is 7.31. The van der Waals surface area contributed by atoms with Gasteiger partial charge in [0, 0.05) is 10.9 Å². The van der Waals surface area contributed by atoms with Crippen LogP contribution in [0.25, 0.3) is 0 Å². The zero-order valence-electron chi connectivity index (χ0n) is 12.9. The molecule has 1 aromatic carbocycles. The molecule has 0 amide bonds. The van der Waals surface area contributed by atoms with Gasteiger partial charge >= 0.3 is 0 Å². The van der Waals surface area contributed by atoms with Gasteiger partial charge in [-0.05, 0) is 54.4 Å². The van der Waals surface area contributed by atoms with Crippen molar-refractivity contribution in [3.05, 3.63) is 28.2 Å². The molecule has 0 aromatic heterocycles. The Morgan fingerprint density at radius 3 is 2.65 bits per heavy atom. The number of rotatable bonds is 3. The zero-order chi connectivity index (χ0) is 15.0. The first kappa shape index (κ1) is 15.8. The van der Waals surface area contributed by atoms with Gasteiger partial charge < -0.3 is 9.84 Å². The summed E-state index contributed by atoms with van der Waals surface area (Å²) in [6, 6.07) is 5.99. The van der Waals surface area contributed by atoms with Crippen LogP contribution in [-0.2, 0) is 6.42 Å². The van der Waals surface area contributed by atoms with Crippen LogP contribution in [-0.4, -0.2) is 17.8 Å². The average molecular weight is 341 g/mol. The third-order valence-electron chi connectivity index (χ3n) is 4.75. The molecule has 0 radical (unpaired) electrons. The summed E-state index contributed by atoms with van der Waals surface area (Å²) in [5.41, 5.74) is 0.798. The van der Waals surface area contributed by atoms with Gasteiger partial charge in [0.1, 0.15) is 5.75 Å². The lowest BCUT2D eigenvalue weighted by Crippen LogP contribution is -2.45. The zero-order valence-corrected chi connectivity index (χ0v) is 14.5. The molecule has 1 N–H and O–H groups in total. The lowest BCUT2D eigenvalue weighted by Gasteiger charge is -2.45. The summed E-state index contributed by atoms with van der Waals surface area (Å²) in [7, 11) is 1.68. The fourth-order valence-electron chi connectivity index (χ4n) is 3.40. The Hall–Kier alpha value is -0.540. The van der Waals surface area contributed by atoms with Crippen LogP contribution in [0.15, 0.2) is 22.7 Å². The highest BCUT2D eigenvalue weighted by Crippen LogP contribution is 2.46. The Kier molecular flexibility index (Phi) is 4.50. The monoisotopic (exact) mass is 340 g/mol. The third kappa shape index (κ3) is 3.37. The summed E-state index contributed by atoms with van der Waals surface area (Å²) >= 11 is 3.50. The van der Waals surface area contributed by atoms with Crippen LogP contribution in [0.1, 0.15) is 45.6 Å². The molecular weight excluding hydrogens is 316 g/mol. The van der Waals surface area contributed by atoms with Gasteiger partial charge in [0.15, 0.2) is 0 Å². The molecule has 0 saturated heterocycles. The maximum absolute atomic E-state index is 11.1. The molecule has 1 aliphatic rings. The average Bonchev–Trinajstić information content (AvgIpc) is 2.35. The maximum atomic E-state index is 11.1. The number of hydrogen-bond acceptors (Lipinski definition) is 2. The van der Waals surface area contributed by atoms with Gasteiger partial charge in [-0.25, -0.2) is 0 Å². The van der Waals surface area contributed by atoms with Crippen LogP contribution < -0.4 is 4.74 Å². The summed E-state index contributed by atoms with van der Waals surface area (Å²) in [5.74, 6) is 1.16. The molecule has 0 spiro atoms. The highest BCUT2D eigenvalue weighted by atomic mass is 79.9. The largest absolute Gasteiger partial charge is 0.496 e. The summed E-state index contributed by atoms with van der Waals surface area (Å²) in [6.07, 6.45) is 3.66. The summed E-state index contributed by atoms with van der Waals surface area (Å²) < 4.78 is 6.46. The van der Waals surface area contributed by atoms with Crippen molar-refractivity contribution in [2.45, 2.75) is 52.1 Å². The van der Waals surface area contributed by atoms with Crippen molar-refractivity contribution in [3.8, 4) is 5.75 Å². The van der Waals surface area contributed by atoms with Crippen LogP contribution in [0, 0.1) is 11.3 Å². The standard InChI is InChI=1S/C17H25BrO2/c1-12-10-16(2,3)7-8-17(12,19)11-13-9-14(18)5-6-15(13)20-4/h5-6,9,12,19H,7-8,10-11H2,1-4H3. The maximum Gasteiger partial charge on any atom is 0.122 e. The van der Waals surface area contributed by atoms with Crippen LogP contribution in [0.4, 0.5) is 0 Å². The Morgan fingerprint density at radius 1 is 1.35 bits per heavy atom. The van der Waals surface area contributed by atoms with E-state index < -0.39 is 5.60 Å². The summed E-state index contributed by atoms with van der Waals surface area (Å²) in [4.78, 5) is 0. The highest BCUT2D eigenvalue weighted by molar-refractivity contribution is 9.10. The second kappa shape index (κ2) is 5.69. The summed E-state index contributed by atoms with van der Waals surface area (Å²) in [5, 5.41) is 11.1. The SMILES string of the molecule is COc1ccc(Br)cc1CC1(O)CCC(C)(C)CC1C. The van der Waals surface area contributed by atoms with E-state index in [9.17, 15) is 5.11 Å². The first-order chi connectivity index (χ1) is 9.26. The predicted octanol–water partition coefficient (Wildman–Crippen LogP) is 4.58. The van der Waals surface area contributed by atoms with Crippen molar-refractivity contribution in [3.63, 3.8) is 0 Å². The molecule has 2 unspecified atom stereocenters. The van der Waals surface area contributed by atoms with Gasteiger partial charge in [-0.15, -0.1) is 0 Å². The number of benzene rings is 1. The van der Waals surface area contributed by atoms with Crippen molar-refractivity contribution >= 4 is 15.9 Å². The Morgan fingerprint density at radius 2 is 2.05 bits per heavy atom. The lowest BCUT2D eigenvalue weighted by atomic mass is 9.64. The molecular formula is C17H25BrO2. The quantitative estimate of drug-likeness (QED) is 0.872. The van der Waals surface area contributed by atoms with Gasteiger partial charge in [0.2, 0.25) is 0 Å². The van der Waals surface area contributed by atoms with E-state index in [2.05, 4.69) is 42.8 Å². The molecule has 2 nitrogen and oxygen atoms in total. The van der Waals surface area contributed by atoms with Gasteiger partial charge in [-0.2, -0.15) is 0 Å². The van der Waals surface area contributed by atoms with E-state index in [1.54, 1.807) is 7.11 Å². The predicted molar refractivity (Wildman–Crippen MR) is 86.1 cm³/mol. The van der Waals surface area contributed by atoms with Crippen molar-refractivity contribution in [2.75, 3.05) is 7.11 Å². The Balaban J connectivity index is 2.23. The minimum absolute atomic E-state index is 0.301. The number of halogens is 1.